The summed E-state index contributed by atoms with van der Waals surface area (Å²) in [5, 5.41) is 8.59. The molecule has 1 heterocycles. The zero-order valence-electron chi connectivity index (χ0n) is 7.24. The van der Waals surface area contributed by atoms with E-state index >= 15 is 0 Å². The van der Waals surface area contributed by atoms with Crippen LogP contribution in [0.15, 0.2) is 16.9 Å². The Morgan fingerprint density at radius 2 is 2.31 bits per heavy atom. The molecule has 0 saturated carbocycles. The van der Waals surface area contributed by atoms with Gasteiger partial charge in [0.2, 0.25) is 0 Å². The quantitative estimate of drug-likeness (QED) is 0.584. The molecule has 3 heteroatoms. The molecule has 0 N–H and O–H groups in total. The average molecular weight is 172 g/mol. The lowest BCUT2D eigenvalue weighted by Crippen LogP contribution is -2.23. The average Bonchev–Trinajstić information content (AvgIpc) is 2.12. The van der Waals surface area contributed by atoms with Gasteiger partial charge in [0.25, 0.3) is 5.56 Å². The third-order valence-electron chi connectivity index (χ3n) is 1.76. The monoisotopic (exact) mass is 172 g/mol. The summed E-state index contributed by atoms with van der Waals surface area (Å²) in [5.74, 6) is 2.37. The van der Waals surface area contributed by atoms with E-state index in [1.807, 2.05) is 6.07 Å². The van der Waals surface area contributed by atoms with E-state index < -0.39 is 0 Å². The summed E-state index contributed by atoms with van der Waals surface area (Å²) < 4.78 is 1.40. The normalized spacial score (nSPS) is 8.85. The van der Waals surface area contributed by atoms with Gasteiger partial charge in [0.15, 0.2) is 0 Å². The van der Waals surface area contributed by atoms with E-state index in [1.165, 1.54) is 10.6 Å². The van der Waals surface area contributed by atoms with E-state index in [4.69, 9.17) is 11.7 Å². The molecule has 0 atom stereocenters. The molecule has 3 nitrogen and oxygen atoms in total. The van der Waals surface area contributed by atoms with Crippen molar-refractivity contribution in [1.82, 2.24) is 4.57 Å². The van der Waals surface area contributed by atoms with Crippen LogP contribution in [0.1, 0.15) is 11.3 Å². The highest BCUT2D eigenvalue weighted by Crippen LogP contribution is 1.96. The third-order valence-corrected chi connectivity index (χ3v) is 1.76. The number of aromatic nitrogens is 1. The van der Waals surface area contributed by atoms with Crippen molar-refractivity contribution in [2.45, 2.75) is 13.5 Å². The number of pyridine rings is 1. The summed E-state index contributed by atoms with van der Waals surface area (Å²) >= 11 is 0. The van der Waals surface area contributed by atoms with Crippen LogP contribution < -0.4 is 5.56 Å². The minimum absolute atomic E-state index is 0.126. The molecule has 0 bridgehead atoms. The summed E-state index contributed by atoms with van der Waals surface area (Å²) in [6.07, 6.45) is 5.10. The molecule has 0 aliphatic heterocycles. The molecule has 0 aromatic carbocycles. The molecule has 1 aromatic rings. The van der Waals surface area contributed by atoms with Crippen LogP contribution in [-0.4, -0.2) is 4.57 Å². The molecular formula is C10H8N2O. The lowest BCUT2D eigenvalue weighted by molar-refractivity contribution is 0.759. The van der Waals surface area contributed by atoms with E-state index in [9.17, 15) is 4.79 Å². The van der Waals surface area contributed by atoms with E-state index in [0.717, 1.165) is 5.69 Å². The van der Waals surface area contributed by atoms with Gasteiger partial charge in [-0.05, 0) is 19.1 Å². The molecule has 0 spiro atoms. The highest BCUT2D eigenvalue weighted by molar-refractivity contribution is 5.27. The third kappa shape index (κ3) is 1.60. The van der Waals surface area contributed by atoms with Crippen molar-refractivity contribution in [2.75, 3.05) is 0 Å². The zero-order valence-corrected chi connectivity index (χ0v) is 7.24. The van der Waals surface area contributed by atoms with E-state index in [2.05, 4.69) is 5.92 Å². The van der Waals surface area contributed by atoms with Crippen molar-refractivity contribution in [1.29, 1.82) is 5.26 Å². The highest BCUT2D eigenvalue weighted by atomic mass is 16.1. The first-order chi connectivity index (χ1) is 6.20. The molecular weight excluding hydrogens is 164 g/mol. The van der Waals surface area contributed by atoms with Crippen LogP contribution in [0.25, 0.3) is 0 Å². The molecule has 64 valence electrons. The van der Waals surface area contributed by atoms with Crippen LogP contribution in [0.2, 0.25) is 0 Å². The SMILES string of the molecule is C#CCn1c(C)ccc(C#N)c1=O. The molecule has 0 saturated heterocycles. The number of terminal acetylenes is 1. The Bertz CT molecular complexity index is 457. The van der Waals surface area contributed by atoms with Crippen LogP contribution in [-0.2, 0) is 6.54 Å². The standard InChI is InChI=1S/C10H8N2O/c1-3-6-12-8(2)4-5-9(7-11)10(12)13/h1,4-5H,6H2,2H3. The van der Waals surface area contributed by atoms with Gasteiger partial charge in [0, 0.05) is 5.69 Å². The van der Waals surface area contributed by atoms with Crippen LogP contribution in [0.4, 0.5) is 0 Å². The molecule has 1 aromatic heterocycles. The molecule has 13 heavy (non-hydrogen) atoms. The largest absolute Gasteiger partial charge is 0.300 e. The predicted octanol–water partition coefficient (Wildman–Crippen LogP) is 0.662. The molecule has 0 aliphatic rings. The number of hydrogen-bond donors (Lipinski definition) is 0. The van der Waals surface area contributed by atoms with E-state index in [0.29, 0.717) is 0 Å². The van der Waals surface area contributed by atoms with Gasteiger partial charge in [-0.2, -0.15) is 5.26 Å². The second-order valence-corrected chi connectivity index (χ2v) is 2.60. The Morgan fingerprint density at radius 1 is 1.62 bits per heavy atom. The van der Waals surface area contributed by atoms with Gasteiger partial charge in [-0.25, -0.2) is 0 Å². The zero-order chi connectivity index (χ0) is 9.84. The molecule has 0 fully saturated rings. The lowest BCUT2D eigenvalue weighted by atomic mass is 10.2. The fourth-order valence-electron chi connectivity index (χ4n) is 1.04. The Morgan fingerprint density at radius 3 is 2.85 bits per heavy atom. The van der Waals surface area contributed by atoms with E-state index in [-0.39, 0.29) is 17.7 Å². The molecule has 0 unspecified atom stereocenters. The van der Waals surface area contributed by atoms with Gasteiger partial charge < -0.3 is 4.57 Å². The van der Waals surface area contributed by atoms with Gasteiger partial charge in [-0.3, -0.25) is 4.79 Å². The van der Waals surface area contributed by atoms with Crippen LogP contribution in [0.5, 0.6) is 0 Å². The Kier molecular flexibility index (Phi) is 2.52. The van der Waals surface area contributed by atoms with Crippen molar-refractivity contribution in [3.63, 3.8) is 0 Å². The van der Waals surface area contributed by atoms with Crippen LogP contribution in [0.3, 0.4) is 0 Å². The van der Waals surface area contributed by atoms with Gasteiger partial charge in [0.1, 0.15) is 11.6 Å². The van der Waals surface area contributed by atoms with Crippen molar-refractivity contribution < 1.29 is 0 Å². The minimum Gasteiger partial charge on any atom is -0.300 e. The van der Waals surface area contributed by atoms with Gasteiger partial charge in [-0.1, -0.05) is 5.92 Å². The number of nitrogens with zero attached hydrogens (tertiary/aromatic N) is 2. The first-order valence-corrected chi connectivity index (χ1v) is 3.74. The van der Waals surface area contributed by atoms with E-state index in [1.54, 1.807) is 13.0 Å². The van der Waals surface area contributed by atoms with Gasteiger partial charge in [0.05, 0.1) is 6.54 Å². The maximum absolute atomic E-state index is 11.5. The Labute approximate surface area is 76.2 Å². The fraction of sp³-hybridized carbons (Fsp3) is 0.200. The summed E-state index contributed by atoms with van der Waals surface area (Å²) in [6, 6.07) is 5.03. The molecule has 0 amide bonds. The van der Waals surface area contributed by atoms with Crippen molar-refractivity contribution in [3.05, 3.63) is 33.7 Å². The molecule has 1 rings (SSSR count). The van der Waals surface area contributed by atoms with Gasteiger partial charge >= 0.3 is 0 Å². The van der Waals surface area contributed by atoms with Crippen molar-refractivity contribution in [3.8, 4) is 18.4 Å². The number of rotatable bonds is 1. The number of nitriles is 1. The van der Waals surface area contributed by atoms with Crippen LogP contribution in [0, 0.1) is 30.6 Å². The smallest absolute Gasteiger partial charge is 0.269 e. The van der Waals surface area contributed by atoms with Crippen molar-refractivity contribution >= 4 is 0 Å². The second kappa shape index (κ2) is 3.60. The highest BCUT2D eigenvalue weighted by Gasteiger charge is 2.03. The maximum Gasteiger partial charge on any atom is 0.269 e. The second-order valence-electron chi connectivity index (χ2n) is 2.60. The predicted molar refractivity (Wildman–Crippen MR) is 49.0 cm³/mol. The lowest BCUT2D eigenvalue weighted by Gasteiger charge is -2.04. The summed E-state index contributed by atoms with van der Waals surface area (Å²) in [5.41, 5.74) is 0.572. The molecule has 0 radical (unpaired) electrons. The van der Waals surface area contributed by atoms with Crippen molar-refractivity contribution in [2.24, 2.45) is 0 Å². The first-order valence-electron chi connectivity index (χ1n) is 3.74. The maximum atomic E-state index is 11.5. The van der Waals surface area contributed by atoms with Gasteiger partial charge in [-0.15, -0.1) is 6.42 Å². The molecule has 0 aliphatic carbocycles. The topological polar surface area (TPSA) is 45.8 Å². The number of hydrogen-bond acceptors (Lipinski definition) is 2. The summed E-state index contributed by atoms with van der Waals surface area (Å²) in [6.45, 7) is 1.99. The minimum atomic E-state index is -0.319. The Hall–Kier alpha value is -2.00. The number of aryl methyl sites for hydroxylation is 1. The summed E-state index contributed by atoms with van der Waals surface area (Å²) in [4.78, 5) is 11.5. The fourth-order valence-corrected chi connectivity index (χ4v) is 1.04. The Balaban J connectivity index is 3.43. The first kappa shape index (κ1) is 9.09. The van der Waals surface area contributed by atoms with Crippen LogP contribution >= 0.6 is 0 Å². The summed E-state index contributed by atoms with van der Waals surface area (Å²) in [7, 11) is 0.